The lowest BCUT2D eigenvalue weighted by atomic mass is 10.1. The van der Waals surface area contributed by atoms with Crippen LogP contribution in [0.25, 0.3) is 6.08 Å². The Kier molecular flexibility index (Phi) is 6.62. The second-order valence-corrected chi connectivity index (χ2v) is 7.95. The third-order valence-corrected chi connectivity index (χ3v) is 5.28. The average Bonchev–Trinajstić information content (AvgIpc) is 3.08. The number of alkyl halides is 3. The van der Waals surface area contributed by atoms with Gasteiger partial charge in [0.25, 0.3) is 0 Å². The van der Waals surface area contributed by atoms with E-state index in [1.165, 1.54) is 35.8 Å². The Balaban J connectivity index is 1.64. The lowest BCUT2D eigenvalue weighted by Gasteiger charge is -2.07. The molecule has 0 aliphatic rings. The summed E-state index contributed by atoms with van der Waals surface area (Å²) in [5.74, 6) is -0.416. The lowest BCUT2D eigenvalue weighted by molar-refractivity contribution is -0.137. The Hall–Kier alpha value is -2.35. The highest BCUT2D eigenvalue weighted by Crippen LogP contribution is 2.30. The van der Waals surface area contributed by atoms with Crippen molar-refractivity contribution in [1.82, 2.24) is 4.98 Å². The van der Waals surface area contributed by atoms with Crippen LogP contribution in [0.3, 0.4) is 0 Å². The molecule has 0 unspecified atom stereocenters. The molecular formula is C20H13Cl2F3N2OS. The number of carbonyl (C=O) groups excluding carboxylic acids is 1. The molecular weight excluding hydrogens is 444 g/mol. The predicted molar refractivity (Wildman–Crippen MR) is 110 cm³/mol. The maximum atomic E-state index is 12.8. The SMILES string of the molecule is O=C(C=Cc1cc(Cl)ccc1Cl)Nc1ncc(Cc2cccc(C(F)(F)F)c2)s1. The van der Waals surface area contributed by atoms with Crippen molar-refractivity contribution in [2.45, 2.75) is 12.6 Å². The van der Waals surface area contributed by atoms with Crippen LogP contribution in [0.5, 0.6) is 0 Å². The molecule has 0 aliphatic carbocycles. The van der Waals surface area contributed by atoms with E-state index in [-0.39, 0.29) is 6.42 Å². The van der Waals surface area contributed by atoms with Crippen LogP contribution >= 0.6 is 34.5 Å². The van der Waals surface area contributed by atoms with E-state index < -0.39 is 17.6 Å². The van der Waals surface area contributed by atoms with Crippen LogP contribution in [0.1, 0.15) is 21.6 Å². The van der Waals surface area contributed by atoms with E-state index in [4.69, 9.17) is 23.2 Å². The van der Waals surface area contributed by atoms with Crippen molar-refractivity contribution in [3.8, 4) is 0 Å². The van der Waals surface area contributed by atoms with E-state index in [9.17, 15) is 18.0 Å². The number of carbonyl (C=O) groups is 1. The van der Waals surface area contributed by atoms with Gasteiger partial charge in [-0.1, -0.05) is 41.4 Å². The zero-order valence-electron chi connectivity index (χ0n) is 14.6. The number of nitrogens with one attached hydrogen (secondary N) is 1. The molecule has 1 heterocycles. The zero-order chi connectivity index (χ0) is 21.0. The Morgan fingerprint density at radius 1 is 1.17 bits per heavy atom. The summed E-state index contributed by atoms with van der Waals surface area (Å²) in [4.78, 5) is 16.9. The minimum atomic E-state index is -4.39. The number of thiazole rings is 1. The van der Waals surface area contributed by atoms with E-state index in [0.717, 1.165) is 17.0 Å². The Morgan fingerprint density at radius 3 is 2.72 bits per heavy atom. The third kappa shape index (κ3) is 6.06. The number of hydrogen-bond acceptors (Lipinski definition) is 3. The molecule has 3 nitrogen and oxygen atoms in total. The largest absolute Gasteiger partial charge is 0.416 e. The molecule has 0 saturated heterocycles. The average molecular weight is 457 g/mol. The highest BCUT2D eigenvalue weighted by atomic mass is 35.5. The lowest BCUT2D eigenvalue weighted by Crippen LogP contribution is -2.07. The van der Waals surface area contributed by atoms with E-state index in [0.29, 0.717) is 26.3 Å². The smallest absolute Gasteiger partial charge is 0.298 e. The summed E-state index contributed by atoms with van der Waals surface area (Å²) in [7, 11) is 0. The van der Waals surface area contributed by atoms with Crippen molar-refractivity contribution in [1.29, 1.82) is 0 Å². The number of benzene rings is 2. The predicted octanol–water partition coefficient (Wildman–Crippen LogP) is 6.71. The summed E-state index contributed by atoms with van der Waals surface area (Å²) in [5, 5.41) is 3.91. The van der Waals surface area contributed by atoms with Gasteiger partial charge in [-0.2, -0.15) is 13.2 Å². The first-order valence-electron chi connectivity index (χ1n) is 8.25. The molecule has 0 atom stereocenters. The second-order valence-electron chi connectivity index (χ2n) is 6.00. The molecule has 3 aromatic rings. The van der Waals surface area contributed by atoms with Crippen molar-refractivity contribution in [2.24, 2.45) is 0 Å². The highest BCUT2D eigenvalue weighted by molar-refractivity contribution is 7.15. The first-order valence-corrected chi connectivity index (χ1v) is 9.83. The molecule has 2 aromatic carbocycles. The number of anilines is 1. The number of halogens is 5. The maximum absolute atomic E-state index is 12.8. The molecule has 0 aliphatic heterocycles. The standard InChI is InChI=1S/C20H13Cl2F3N2OS/c21-15-5-6-17(22)13(10-15)4-7-18(28)27-19-26-11-16(29-19)9-12-2-1-3-14(8-12)20(23,24)25/h1-8,10-11H,9H2,(H,26,27,28). The minimum Gasteiger partial charge on any atom is -0.298 e. The molecule has 0 spiro atoms. The van der Waals surface area contributed by atoms with Gasteiger partial charge in [-0.05, 0) is 41.5 Å². The molecule has 0 saturated carbocycles. The van der Waals surface area contributed by atoms with E-state index >= 15 is 0 Å². The second kappa shape index (κ2) is 8.98. The summed E-state index contributed by atoms with van der Waals surface area (Å²) < 4.78 is 38.5. The van der Waals surface area contributed by atoms with Crippen molar-refractivity contribution in [3.05, 3.63) is 86.4 Å². The number of amides is 1. The molecule has 9 heteroatoms. The summed E-state index contributed by atoms with van der Waals surface area (Å²) in [5.41, 5.74) is 0.411. The third-order valence-electron chi connectivity index (χ3n) is 3.79. The van der Waals surface area contributed by atoms with E-state index in [1.54, 1.807) is 24.3 Å². The number of aromatic nitrogens is 1. The number of hydrogen-bond donors (Lipinski definition) is 1. The fraction of sp³-hybridized carbons (Fsp3) is 0.100. The number of nitrogens with zero attached hydrogens (tertiary/aromatic N) is 1. The van der Waals surface area contributed by atoms with Gasteiger partial charge in [-0.3, -0.25) is 10.1 Å². The molecule has 0 radical (unpaired) electrons. The van der Waals surface area contributed by atoms with Gasteiger partial charge in [0.2, 0.25) is 5.91 Å². The molecule has 150 valence electrons. The van der Waals surface area contributed by atoms with Gasteiger partial charge >= 0.3 is 6.18 Å². The molecule has 0 fully saturated rings. The monoisotopic (exact) mass is 456 g/mol. The van der Waals surface area contributed by atoms with Gasteiger partial charge < -0.3 is 0 Å². The Morgan fingerprint density at radius 2 is 1.97 bits per heavy atom. The first-order chi connectivity index (χ1) is 13.7. The Labute approximate surface area is 178 Å². The molecule has 0 bridgehead atoms. The molecule has 1 amide bonds. The van der Waals surface area contributed by atoms with Gasteiger partial charge in [0.1, 0.15) is 0 Å². The van der Waals surface area contributed by atoms with Gasteiger partial charge in [-0.25, -0.2) is 4.98 Å². The van der Waals surface area contributed by atoms with E-state index in [2.05, 4.69) is 10.3 Å². The normalized spacial score (nSPS) is 11.8. The fourth-order valence-corrected chi connectivity index (χ4v) is 3.67. The minimum absolute atomic E-state index is 0.283. The number of rotatable bonds is 5. The zero-order valence-corrected chi connectivity index (χ0v) is 17.0. The highest BCUT2D eigenvalue weighted by Gasteiger charge is 2.30. The quantitative estimate of drug-likeness (QED) is 0.433. The molecule has 1 N–H and O–H groups in total. The topological polar surface area (TPSA) is 42.0 Å². The summed E-state index contributed by atoms with van der Waals surface area (Å²) in [6.07, 6.45) is 0.247. The van der Waals surface area contributed by atoms with Crippen LogP contribution in [0, 0.1) is 0 Å². The molecule has 1 aromatic heterocycles. The van der Waals surface area contributed by atoms with Gasteiger partial charge in [0, 0.05) is 33.6 Å². The maximum Gasteiger partial charge on any atom is 0.416 e. The summed E-state index contributed by atoms with van der Waals surface area (Å²) in [6, 6.07) is 10.0. The van der Waals surface area contributed by atoms with Crippen LogP contribution in [0.2, 0.25) is 10.0 Å². The summed E-state index contributed by atoms with van der Waals surface area (Å²) >= 11 is 13.1. The first kappa shape index (κ1) is 21.4. The van der Waals surface area contributed by atoms with Crippen LogP contribution in [0.15, 0.2) is 54.7 Å². The molecule has 29 heavy (non-hydrogen) atoms. The van der Waals surface area contributed by atoms with Crippen molar-refractivity contribution in [2.75, 3.05) is 5.32 Å². The van der Waals surface area contributed by atoms with Crippen molar-refractivity contribution in [3.63, 3.8) is 0 Å². The summed E-state index contributed by atoms with van der Waals surface area (Å²) in [6.45, 7) is 0. The van der Waals surface area contributed by atoms with Crippen LogP contribution < -0.4 is 5.32 Å². The van der Waals surface area contributed by atoms with Crippen molar-refractivity contribution >= 4 is 51.7 Å². The van der Waals surface area contributed by atoms with Crippen LogP contribution in [0.4, 0.5) is 18.3 Å². The Bertz CT molecular complexity index is 1060. The van der Waals surface area contributed by atoms with Gasteiger partial charge in [0.05, 0.1) is 5.56 Å². The van der Waals surface area contributed by atoms with Crippen LogP contribution in [-0.2, 0) is 17.4 Å². The fourth-order valence-electron chi connectivity index (χ4n) is 2.46. The van der Waals surface area contributed by atoms with Crippen LogP contribution in [-0.4, -0.2) is 10.9 Å². The molecule has 3 rings (SSSR count). The van der Waals surface area contributed by atoms with Crippen molar-refractivity contribution < 1.29 is 18.0 Å². The van der Waals surface area contributed by atoms with Gasteiger partial charge in [0.15, 0.2) is 5.13 Å². The van der Waals surface area contributed by atoms with Gasteiger partial charge in [-0.15, -0.1) is 11.3 Å². The van der Waals surface area contributed by atoms with E-state index in [1.807, 2.05) is 0 Å².